The first-order chi connectivity index (χ1) is 8.33. The van der Waals surface area contributed by atoms with Gasteiger partial charge in [-0.25, -0.2) is 4.98 Å². The highest BCUT2D eigenvalue weighted by Crippen LogP contribution is 2.45. The summed E-state index contributed by atoms with van der Waals surface area (Å²) in [4.78, 5) is 4.37. The van der Waals surface area contributed by atoms with Crippen molar-refractivity contribution in [3.63, 3.8) is 0 Å². The van der Waals surface area contributed by atoms with Crippen LogP contribution in [-0.2, 0) is 6.54 Å². The van der Waals surface area contributed by atoms with Crippen LogP contribution in [0, 0.1) is 5.41 Å². The Kier molecular flexibility index (Phi) is 2.95. The van der Waals surface area contributed by atoms with E-state index in [0.29, 0.717) is 11.5 Å². The van der Waals surface area contributed by atoms with E-state index in [-0.39, 0.29) is 0 Å². The Morgan fingerprint density at radius 1 is 1.47 bits per heavy atom. The van der Waals surface area contributed by atoms with E-state index in [2.05, 4.69) is 28.0 Å². The number of rotatable bonds is 4. The molecule has 3 heteroatoms. The molecule has 2 aliphatic rings. The van der Waals surface area contributed by atoms with Crippen LogP contribution in [0.25, 0.3) is 0 Å². The Morgan fingerprint density at radius 2 is 2.35 bits per heavy atom. The van der Waals surface area contributed by atoms with Crippen LogP contribution in [0.3, 0.4) is 0 Å². The second-order valence-corrected chi connectivity index (χ2v) is 5.80. The molecule has 1 N–H and O–H groups in total. The molecule has 0 radical (unpaired) electrons. The van der Waals surface area contributed by atoms with E-state index < -0.39 is 0 Å². The van der Waals surface area contributed by atoms with Gasteiger partial charge >= 0.3 is 0 Å². The van der Waals surface area contributed by atoms with Crippen LogP contribution in [-0.4, -0.2) is 16.1 Å². The molecule has 1 unspecified atom stereocenters. The van der Waals surface area contributed by atoms with Gasteiger partial charge in [0.1, 0.15) is 0 Å². The highest BCUT2D eigenvalue weighted by molar-refractivity contribution is 5.08. The molecule has 1 aromatic heterocycles. The minimum absolute atomic E-state index is 0.548. The summed E-state index contributed by atoms with van der Waals surface area (Å²) in [7, 11) is 0. The molecule has 1 aliphatic heterocycles. The second kappa shape index (κ2) is 4.45. The number of imidazole rings is 1. The molecule has 1 saturated heterocycles. The maximum Gasteiger partial charge on any atom is 0.0948 e. The molecule has 0 amide bonds. The van der Waals surface area contributed by atoms with Crippen LogP contribution in [0.4, 0.5) is 0 Å². The van der Waals surface area contributed by atoms with E-state index in [0.717, 1.165) is 6.54 Å². The van der Waals surface area contributed by atoms with Crippen molar-refractivity contribution in [2.45, 2.75) is 58.0 Å². The summed E-state index contributed by atoms with van der Waals surface area (Å²) in [5.74, 6) is 0. The third-order valence-corrected chi connectivity index (χ3v) is 4.83. The van der Waals surface area contributed by atoms with Gasteiger partial charge in [0, 0.05) is 18.8 Å². The van der Waals surface area contributed by atoms with Crippen molar-refractivity contribution in [2.75, 3.05) is 6.54 Å². The van der Waals surface area contributed by atoms with Gasteiger partial charge < -0.3 is 9.88 Å². The second-order valence-electron chi connectivity index (χ2n) is 5.80. The van der Waals surface area contributed by atoms with Gasteiger partial charge in [0.15, 0.2) is 0 Å². The number of nitrogens with zero attached hydrogens (tertiary/aromatic N) is 2. The predicted octanol–water partition coefficient (Wildman–Crippen LogP) is 2.89. The van der Waals surface area contributed by atoms with Crippen LogP contribution in [0.5, 0.6) is 0 Å². The molecular weight excluding hydrogens is 210 g/mol. The van der Waals surface area contributed by atoms with Crippen LogP contribution in [0.2, 0.25) is 0 Å². The molecule has 1 atom stereocenters. The summed E-state index contributed by atoms with van der Waals surface area (Å²) in [6, 6.07) is 0.548. The molecule has 2 heterocycles. The van der Waals surface area contributed by atoms with Crippen molar-refractivity contribution in [1.29, 1.82) is 0 Å². The lowest BCUT2D eigenvalue weighted by Crippen LogP contribution is -2.34. The molecule has 3 rings (SSSR count). The number of hydrogen-bond donors (Lipinski definition) is 1. The fourth-order valence-electron chi connectivity index (χ4n) is 3.35. The monoisotopic (exact) mass is 233 g/mol. The molecule has 1 saturated carbocycles. The summed E-state index contributed by atoms with van der Waals surface area (Å²) in [5, 5.41) is 3.58. The van der Waals surface area contributed by atoms with Crippen molar-refractivity contribution in [3.8, 4) is 0 Å². The summed E-state index contributed by atoms with van der Waals surface area (Å²) < 4.78 is 2.41. The van der Waals surface area contributed by atoms with Gasteiger partial charge in [-0.15, -0.1) is 0 Å². The third-order valence-electron chi connectivity index (χ3n) is 4.83. The van der Waals surface area contributed by atoms with E-state index in [4.69, 9.17) is 0 Å². The lowest BCUT2D eigenvalue weighted by Gasteiger charge is -2.42. The zero-order valence-corrected chi connectivity index (χ0v) is 10.8. The van der Waals surface area contributed by atoms with Crippen molar-refractivity contribution >= 4 is 0 Å². The molecule has 0 bridgehead atoms. The Balaban J connectivity index is 1.76. The van der Waals surface area contributed by atoms with E-state index in [1.165, 1.54) is 50.8 Å². The molecular formula is C14H23N3. The first-order valence-electron chi connectivity index (χ1n) is 7.06. The largest absolute Gasteiger partial charge is 0.333 e. The van der Waals surface area contributed by atoms with E-state index in [9.17, 15) is 0 Å². The third kappa shape index (κ3) is 2.01. The fraction of sp³-hybridized carbons (Fsp3) is 0.786. The van der Waals surface area contributed by atoms with Gasteiger partial charge in [-0.1, -0.05) is 13.3 Å². The van der Waals surface area contributed by atoms with Crippen molar-refractivity contribution in [1.82, 2.24) is 14.9 Å². The van der Waals surface area contributed by atoms with Gasteiger partial charge in [0.25, 0.3) is 0 Å². The summed E-state index contributed by atoms with van der Waals surface area (Å²) >= 11 is 0. The smallest absolute Gasteiger partial charge is 0.0948 e. The van der Waals surface area contributed by atoms with Gasteiger partial charge in [-0.2, -0.15) is 0 Å². The quantitative estimate of drug-likeness (QED) is 0.866. The first-order valence-corrected chi connectivity index (χ1v) is 7.06. The minimum atomic E-state index is 0.548. The summed E-state index contributed by atoms with van der Waals surface area (Å²) in [6.07, 6.45) is 12.2. The maximum atomic E-state index is 4.37. The zero-order valence-electron chi connectivity index (χ0n) is 10.8. The lowest BCUT2D eigenvalue weighted by molar-refractivity contribution is 0.0985. The first kappa shape index (κ1) is 11.3. The van der Waals surface area contributed by atoms with Crippen LogP contribution < -0.4 is 5.32 Å². The van der Waals surface area contributed by atoms with Gasteiger partial charge in [0.2, 0.25) is 0 Å². The average Bonchev–Trinajstić information content (AvgIpc) is 2.93. The average molecular weight is 233 g/mol. The number of hydrogen-bond acceptors (Lipinski definition) is 2. The fourth-order valence-corrected chi connectivity index (χ4v) is 3.35. The highest BCUT2D eigenvalue weighted by atomic mass is 15.1. The maximum absolute atomic E-state index is 4.37. The summed E-state index contributed by atoms with van der Waals surface area (Å²) in [5.41, 5.74) is 1.98. The zero-order chi connectivity index (χ0) is 11.7. The molecule has 3 nitrogen and oxygen atoms in total. The Labute approximate surface area is 104 Å². The number of nitrogens with one attached hydrogen (secondary N) is 1. The Hall–Kier alpha value is -0.830. The van der Waals surface area contributed by atoms with Gasteiger partial charge in [-0.05, 0) is 44.1 Å². The van der Waals surface area contributed by atoms with Crippen LogP contribution in [0.15, 0.2) is 12.5 Å². The normalized spacial score (nSPS) is 27.0. The standard InChI is InChI=1S/C14H23N3/c1-2-14(6-4-7-14)10-17-11-15-9-13(17)12-5-3-8-16-12/h9,11-12,16H,2-8,10H2,1H3. The molecule has 1 aromatic rings. The Morgan fingerprint density at radius 3 is 2.94 bits per heavy atom. The molecule has 2 fully saturated rings. The van der Waals surface area contributed by atoms with Crippen molar-refractivity contribution in [2.24, 2.45) is 5.41 Å². The predicted molar refractivity (Wildman–Crippen MR) is 68.8 cm³/mol. The van der Waals surface area contributed by atoms with Crippen LogP contribution >= 0.6 is 0 Å². The number of aromatic nitrogens is 2. The molecule has 94 valence electrons. The summed E-state index contributed by atoms with van der Waals surface area (Å²) in [6.45, 7) is 4.68. The van der Waals surface area contributed by atoms with E-state index >= 15 is 0 Å². The topological polar surface area (TPSA) is 29.9 Å². The van der Waals surface area contributed by atoms with E-state index in [1.807, 2.05) is 6.33 Å². The molecule has 0 aromatic carbocycles. The van der Waals surface area contributed by atoms with Crippen LogP contribution in [0.1, 0.15) is 57.2 Å². The van der Waals surface area contributed by atoms with Gasteiger partial charge in [0.05, 0.1) is 12.0 Å². The SMILES string of the molecule is CCC1(Cn2cncc2C2CCCN2)CCC1. The molecule has 1 aliphatic carbocycles. The minimum Gasteiger partial charge on any atom is -0.333 e. The molecule has 17 heavy (non-hydrogen) atoms. The van der Waals surface area contributed by atoms with E-state index in [1.54, 1.807) is 0 Å². The van der Waals surface area contributed by atoms with Crippen molar-refractivity contribution in [3.05, 3.63) is 18.2 Å². The lowest BCUT2D eigenvalue weighted by atomic mass is 9.67. The highest BCUT2D eigenvalue weighted by Gasteiger charge is 2.36. The van der Waals surface area contributed by atoms with Crippen molar-refractivity contribution < 1.29 is 0 Å². The molecule has 0 spiro atoms. The Bertz CT molecular complexity index is 367. The van der Waals surface area contributed by atoms with Gasteiger partial charge in [-0.3, -0.25) is 0 Å².